The molecule has 0 spiro atoms. The largest absolute Gasteiger partial charge is 0.490 e. The monoisotopic (exact) mass is 399 g/mol. The lowest BCUT2D eigenvalue weighted by molar-refractivity contribution is 0.0944. The summed E-state index contributed by atoms with van der Waals surface area (Å²) >= 11 is 0. The molecule has 0 bridgehead atoms. The average molecular weight is 400 g/mol. The van der Waals surface area contributed by atoms with Gasteiger partial charge in [0.25, 0.3) is 5.91 Å². The first-order chi connectivity index (χ1) is 12.8. The maximum Gasteiger partial charge on any atom is 0.251 e. The second-order valence-electron chi connectivity index (χ2n) is 6.29. The Morgan fingerprint density at radius 3 is 2.30 bits per heavy atom. The van der Waals surface area contributed by atoms with Crippen LogP contribution >= 0.6 is 0 Å². The van der Waals surface area contributed by atoms with Crippen molar-refractivity contribution < 1.29 is 22.7 Å². The van der Waals surface area contributed by atoms with E-state index in [1.54, 1.807) is 18.2 Å². The molecule has 1 heterocycles. The van der Waals surface area contributed by atoms with Crippen LogP contribution in [0.5, 0.6) is 11.5 Å². The maximum absolute atomic E-state index is 12.4. The highest BCUT2D eigenvalue weighted by Gasteiger charge is 2.23. The molecule has 1 aromatic rings. The van der Waals surface area contributed by atoms with Crippen molar-refractivity contribution >= 4 is 15.9 Å². The summed E-state index contributed by atoms with van der Waals surface area (Å²) in [6, 6.07) is 5.15. The fraction of sp³-hybridized carbons (Fsp3) is 0.611. The van der Waals surface area contributed by atoms with E-state index in [2.05, 4.69) is 10.2 Å². The molecule has 0 radical (unpaired) electrons. The average Bonchev–Trinajstić information content (AvgIpc) is 2.63. The summed E-state index contributed by atoms with van der Waals surface area (Å²) in [7, 11) is -3.12. The number of nitrogens with one attached hydrogen (secondary N) is 1. The predicted octanol–water partition coefficient (Wildman–Crippen LogP) is 0.791. The molecule has 0 saturated carbocycles. The zero-order valence-corrected chi connectivity index (χ0v) is 17.0. The van der Waals surface area contributed by atoms with Gasteiger partial charge in [-0.3, -0.25) is 9.69 Å². The van der Waals surface area contributed by atoms with Gasteiger partial charge >= 0.3 is 0 Å². The molecule has 0 aliphatic carbocycles. The first-order valence-corrected chi connectivity index (χ1v) is 11.0. The van der Waals surface area contributed by atoms with E-state index in [4.69, 9.17) is 9.47 Å². The van der Waals surface area contributed by atoms with Crippen molar-refractivity contribution in [3.63, 3.8) is 0 Å². The maximum atomic E-state index is 12.4. The summed E-state index contributed by atoms with van der Waals surface area (Å²) in [5.74, 6) is 1.01. The summed E-state index contributed by atoms with van der Waals surface area (Å²) < 4.78 is 35.6. The van der Waals surface area contributed by atoms with E-state index in [-0.39, 0.29) is 5.91 Å². The van der Waals surface area contributed by atoms with Gasteiger partial charge in [0.1, 0.15) is 0 Å². The minimum atomic E-state index is -3.12. The third kappa shape index (κ3) is 6.37. The minimum Gasteiger partial charge on any atom is -0.490 e. The summed E-state index contributed by atoms with van der Waals surface area (Å²) in [6.45, 7) is 8.28. The van der Waals surface area contributed by atoms with E-state index < -0.39 is 10.0 Å². The Kier molecular flexibility index (Phi) is 7.88. The van der Waals surface area contributed by atoms with Gasteiger partial charge in [-0.05, 0) is 32.0 Å². The first kappa shape index (κ1) is 21.5. The van der Waals surface area contributed by atoms with Gasteiger partial charge in [-0.1, -0.05) is 0 Å². The molecule has 2 rings (SSSR count). The van der Waals surface area contributed by atoms with E-state index in [1.807, 2.05) is 13.8 Å². The summed E-state index contributed by atoms with van der Waals surface area (Å²) in [5.41, 5.74) is 0.517. The number of amides is 1. The number of hydrogen-bond acceptors (Lipinski definition) is 6. The standard InChI is InChI=1S/C18H29N3O5S/c1-4-25-16-7-6-15(14-17(16)26-5-2)18(22)19-8-9-20-10-12-21(13-11-20)27(3,23)24/h6-7,14H,4-5,8-13H2,1-3H3,(H,19,22). The number of rotatable bonds is 9. The molecule has 152 valence electrons. The molecule has 1 N–H and O–H groups in total. The summed E-state index contributed by atoms with van der Waals surface area (Å²) in [4.78, 5) is 14.5. The topological polar surface area (TPSA) is 88.2 Å². The first-order valence-electron chi connectivity index (χ1n) is 9.20. The second-order valence-corrected chi connectivity index (χ2v) is 8.27. The van der Waals surface area contributed by atoms with Crippen LogP contribution in [0.3, 0.4) is 0 Å². The van der Waals surface area contributed by atoms with Crippen molar-refractivity contribution in [1.82, 2.24) is 14.5 Å². The Bertz CT molecular complexity index is 731. The van der Waals surface area contributed by atoms with Gasteiger partial charge in [0.15, 0.2) is 11.5 Å². The van der Waals surface area contributed by atoms with Gasteiger partial charge in [0, 0.05) is 44.8 Å². The molecular formula is C18H29N3O5S. The second kappa shape index (κ2) is 9.91. The lowest BCUT2D eigenvalue weighted by Gasteiger charge is -2.33. The van der Waals surface area contributed by atoms with Crippen LogP contribution in [0.4, 0.5) is 0 Å². The van der Waals surface area contributed by atoms with Crippen LogP contribution in [0, 0.1) is 0 Å². The Morgan fingerprint density at radius 1 is 1.07 bits per heavy atom. The molecule has 0 aromatic heterocycles. The van der Waals surface area contributed by atoms with E-state index in [9.17, 15) is 13.2 Å². The highest BCUT2D eigenvalue weighted by molar-refractivity contribution is 7.88. The molecule has 1 amide bonds. The van der Waals surface area contributed by atoms with Crippen molar-refractivity contribution in [3.05, 3.63) is 23.8 Å². The number of ether oxygens (including phenoxy) is 2. The quantitative estimate of drug-likeness (QED) is 0.661. The van der Waals surface area contributed by atoms with Crippen LogP contribution in [0.15, 0.2) is 18.2 Å². The van der Waals surface area contributed by atoms with Crippen molar-refractivity contribution in [2.75, 3.05) is 58.7 Å². The number of carbonyl (C=O) groups is 1. The molecule has 1 fully saturated rings. The van der Waals surface area contributed by atoms with E-state index in [0.717, 1.165) is 0 Å². The third-order valence-electron chi connectivity index (χ3n) is 4.32. The van der Waals surface area contributed by atoms with Crippen LogP contribution < -0.4 is 14.8 Å². The fourth-order valence-corrected chi connectivity index (χ4v) is 3.73. The lowest BCUT2D eigenvalue weighted by Crippen LogP contribution is -2.49. The highest BCUT2D eigenvalue weighted by atomic mass is 32.2. The van der Waals surface area contributed by atoms with Crippen molar-refractivity contribution in [2.24, 2.45) is 0 Å². The number of hydrogen-bond donors (Lipinski definition) is 1. The molecule has 0 atom stereocenters. The van der Waals surface area contributed by atoms with Gasteiger partial charge < -0.3 is 14.8 Å². The molecule has 1 aliphatic heterocycles. The number of sulfonamides is 1. The normalized spacial score (nSPS) is 16.1. The zero-order chi connectivity index (χ0) is 19.9. The van der Waals surface area contributed by atoms with Crippen molar-refractivity contribution in [2.45, 2.75) is 13.8 Å². The van der Waals surface area contributed by atoms with Crippen LogP contribution in [0.25, 0.3) is 0 Å². The van der Waals surface area contributed by atoms with E-state index in [0.29, 0.717) is 69.5 Å². The van der Waals surface area contributed by atoms with E-state index >= 15 is 0 Å². The van der Waals surface area contributed by atoms with Crippen LogP contribution in [-0.2, 0) is 10.0 Å². The lowest BCUT2D eigenvalue weighted by atomic mass is 10.2. The van der Waals surface area contributed by atoms with Gasteiger partial charge in [0.2, 0.25) is 10.0 Å². The van der Waals surface area contributed by atoms with Gasteiger partial charge in [-0.15, -0.1) is 0 Å². The Labute approximate surface area is 161 Å². The summed E-state index contributed by atoms with van der Waals surface area (Å²) in [5, 5.41) is 2.90. The molecule has 1 aliphatic rings. The molecule has 27 heavy (non-hydrogen) atoms. The Morgan fingerprint density at radius 2 is 1.70 bits per heavy atom. The number of carbonyl (C=O) groups excluding carboxylic acids is 1. The molecule has 8 nitrogen and oxygen atoms in total. The predicted molar refractivity (Wildman–Crippen MR) is 104 cm³/mol. The van der Waals surface area contributed by atoms with Crippen LogP contribution in [0.2, 0.25) is 0 Å². The minimum absolute atomic E-state index is 0.172. The van der Waals surface area contributed by atoms with E-state index in [1.165, 1.54) is 10.6 Å². The number of nitrogens with zero attached hydrogens (tertiary/aromatic N) is 2. The highest BCUT2D eigenvalue weighted by Crippen LogP contribution is 2.28. The summed E-state index contributed by atoms with van der Waals surface area (Å²) in [6.07, 6.45) is 1.23. The number of benzene rings is 1. The molecule has 1 aromatic carbocycles. The van der Waals surface area contributed by atoms with Crippen LogP contribution in [-0.4, -0.2) is 82.3 Å². The Balaban J connectivity index is 1.83. The Hall–Kier alpha value is -1.84. The van der Waals surface area contributed by atoms with Gasteiger partial charge in [-0.2, -0.15) is 4.31 Å². The third-order valence-corrected chi connectivity index (χ3v) is 5.62. The van der Waals surface area contributed by atoms with Crippen LogP contribution in [0.1, 0.15) is 24.2 Å². The molecule has 0 unspecified atom stereocenters. The SMILES string of the molecule is CCOc1ccc(C(=O)NCCN2CCN(S(C)(=O)=O)CC2)cc1OCC. The smallest absolute Gasteiger partial charge is 0.251 e. The number of piperazine rings is 1. The van der Waals surface area contributed by atoms with Gasteiger partial charge in [-0.25, -0.2) is 8.42 Å². The fourth-order valence-electron chi connectivity index (χ4n) is 2.91. The molecule has 9 heteroatoms. The molecular weight excluding hydrogens is 370 g/mol. The zero-order valence-electron chi connectivity index (χ0n) is 16.2. The van der Waals surface area contributed by atoms with Crippen molar-refractivity contribution in [3.8, 4) is 11.5 Å². The van der Waals surface area contributed by atoms with Crippen molar-refractivity contribution in [1.29, 1.82) is 0 Å². The molecule has 1 saturated heterocycles. The van der Waals surface area contributed by atoms with Gasteiger partial charge in [0.05, 0.1) is 19.5 Å².